The largest absolute Gasteiger partial charge is 0.492 e. The van der Waals surface area contributed by atoms with Crippen molar-refractivity contribution in [3.8, 4) is 98.5 Å². The highest BCUT2D eigenvalue weighted by Gasteiger charge is 2.29. The quantitative estimate of drug-likeness (QED) is 0.0616. The van der Waals surface area contributed by atoms with Crippen molar-refractivity contribution in [3.63, 3.8) is 0 Å². The van der Waals surface area contributed by atoms with Gasteiger partial charge < -0.3 is 39.0 Å². The van der Waals surface area contributed by atoms with Crippen LogP contribution in [0.15, 0.2) is 279 Å². The highest BCUT2D eigenvalue weighted by atomic mass is 79.9. The number of benzene rings is 9. The highest BCUT2D eigenvalue weighted by Crippen LogP contribution is 2.37. The van der Waals surface area contributed by atoms with Crippen LogP contribution in [0.5, 0.6) is 5.75 Å². The predicted molar refractivity (Wildman–Crippen MR) is 563 cm³/mol. The summed E-state index contributed by atoms with van der Waals surface area (Å²) in [7, 11) is 6.22. The Morgan fingerprint density at radius 3 is 1.14 bits per heavy atom. The van der Waals surface area contributed by atoms with Gasteiger partial charge in [-0.1, -0.05) is 81.4 Å². The molecule has 16 heterocycles. The van der Waals surface area contributed by atoms with E-state index in [2.05, 4.69) is 233 Å². The third kappa shape index (κ3) is 22.3. The van der Waals surface area contributed by atoms with Crippen LogP contribution in [0.3, 0.4) is 0 Å². The zero-order valence-electron chi connectivity index (χ0n) is 79.4. The molecule has 11 aromatic heterocycles. The van der Waals surface area contributed by atoms with Crippen molar-refractivity contribution in [1.29, 1.82) is 0 Å². The van der Waals surface area contributed by atoms with Crippen LogP contribution in [0.4, 0.5) is 47.0 Å². The first-order valence-corrected chi connectivity index (χ1v) is 48.4. The Balaban J connectivity index is 0.000000112. The maximum atomic E-state index is 14.6. The van der Waals surface area contributed by atoms with Crippen LogP contribution in [0, 0.1) is 70.6 Å². The number of piperazine rings is 1. The van der Waals surface area contributed by atoms with Crippen LogP contribution in [0.25, 0.3) is 89.0 Å². The maximum absolute atomic E-state index is 14.6. The Hall–Kier alpha value is -17.9. The number of anilines is 5. The lowest BCUT2D eigenvalue weighted by Gasteiger charge is -2.34. The van der Waals surface area contributed by atoms with Gasteiger partial charge in [0.05, 0.1) is 86.7 Å². The number of nitrogens with one attached hydrogen (secondary N) is 4. The molecule has 0 atom stereocenters. The number of H-pyrrole nitrogens is 4. The van der Waals surface area contributed by atoms with Crippen LogP contribution >= 0.6 is 27.5 Å². The Labute approximate surface area is 854 Å². The standard InChI is InChI=1S/C31H27FN8.C31H27FN6O.C26H16BrFN6.C26H16ClFN6/c1-38-10-12-39(13-11-38)27-6-4-22-19-40(20-24(22)15-27)31-33-9-8-29(36-31)30-17-25(32)16-26(35-30)5-2-21-3-7-28-23(14-21)18-34-37-28;1-37(2)11-12-39-28-7-6-23-19-38(20-26(23)17-28)31-33-10-9-29(35-31)24-14-22(15-27(32)16-24)4-3-21-5-8-30-25(13-21)18-34-36-30;2*27-20-4-3-17-14-34(15-19(17)10-20)26-29-8-7-24(32-26)25-12-21(28)11-22(31-25)5-1-16-2-6-23-18(9-16)13-30-33-23/h3-4,6-9,14-18H,10-13,19-20H2,1H3,(H,34,37);5-10,13-18H,11-12,19-20H2,1-2H3,(H,34,36);2*2-4,6-13H,14-15H2,(H,30,33). The van der Waals surface area contributed by atoms with Crippen LogP contribution in [0.1, 0.15) is 89.4 Å². The number of hydrogen-bond donors (Lipinski definition) is 4. The molecule has 0 spiro atoms. The van der Waals surface area contributed by atoms with Gasteiger partial charge >= 0.3 is 0 Å². The second kappa shape index (κ2) is 41.9. The molecule has 4 N–H and O–H groups in total. The molecule has 25 rings (SSSR count). The van der Waals surface area contributed by atoms with Gasteiger partial charge in [-0.15, -0.1) is 0 Å². The predicted octanol–water partition coefficient (Wildman–Crippen LogP) is 19.6. The summed E-state index contributed by atoms with van der Waals surface area (Å²) in [5, 5.41) is 32.3. The molecule has 5 aliphatic rings. The summed E-state index contributed by atoms with van der Waals surface area (Å²) in [6.45, 7) is 11.4. The fraction of sp³-hybridized carbons (Fsp3) is 0.149. The number of aromatic nitrogens is 19. The molecule has 0 saturated carbocycles. The number of hydrogen-bond acceptors (Lipinski definition) is 23. The third-order valence-electron chi connectivity index (χ3n) is 25.4. The molecule has 5 aliphatic heterocycles. The minimum absolute atomic E-state index is 0.325. The van der Waals surface area contributed by atoms with E-state index in [-0.39, 0.29) is 5.82 Å². The number of pyridine rings is 3. The highest BCUT2D eigenvalue weighted by molar-refractivity contribution is 9.10. The molecule has 147 heavy (non-hydrogen) atoms. The van der Waals surface area contributed by atoms with Crippen LogP contribution in [-0.4, -0.2) is 166 Å². The van der Waals surface area contributed by atoms with E-state index in [4.69, 9.17) is 26.3 Å². The summed E-state index contributed by atoms with van der Waals surface area (Å²) < 4.78 is 65.1. The lowest BCUT2D eigenvalue weighted by Crippen LogP contribution is -2.44. The van der Waals surface area contributed by atoms with Crippen molar-refractivity contribution >= 4 is 101 Å². The number of rotatable bonds is 13. The summed E-state index contributed by atoms with van der Waals surface area (Å²) in [4.78, 5) is 65.8. The average Bonchev–Trinajstić information content (AvgIpc) is 1.67. The van der Waals surface area contributed by atoms with Gasteiger partial charge in [0.2, 0.25) is 23.8 Å². The normalized spacial score (nSPS) is 13.2. The fourth-order valence-corrected chi connectivity index (χ4v) is 18.5. The lowest BCUT2D eigenvalue weighted by molar-refractivity contribution is 0.261. The van der Waals surface area contributed by atoms with E-state index in [1.165, 1.54) is 93.2 Å². The molecule has 1 fully saturated rings. The number of ether oxygens (including phenoxy) is 1. The summed E-state index contributed by atoms with van der Waals surface area (Å²) in [6.07, 6.45) is 13.7. The molecule has 33 heteroatoms. The van der Waals surface area contributed by atoms with E-state index in [1.807, 2.05) is 123 Å². The molecule has 20 aromatic rings. The van der Waals surface area contributed by atoms with Gasteiger partial charge in [-0.2, -0.15) is 20.4 Å². The summed E-state index contributed by atoms with van der Waals surface area (Å²) in [6, 6.07) is 67.9. The first-order chi connectivity index (χ1) is 71.8. The molecule has 720 valence electrons. The van der Waals surface area contributed by atoms with Gasteiger partial charge in [0, 0.05) is 216 Å². The van der Waals surface area contributed by atoms with Crippen LogP contribution in [0.2, 0.25) is 5.02 Å². The molecule has 0 unspecified atom stereocenters. The van der Waals surface area contributed by atoms with Crippen molar-refractivity contribution in [2.24, 2.45) is 0 Å². The first-order valence-electron chi connectivity index (χ1n) is 47.3. The van der Waals surface area contributed by atoms with E-state index in [9.17, 15) is 17.6 Å². The van der Waals surface area contributed by atoms with Gasteiger partial charge in [0.1, 0.15) is 52.7 Å². The number of aromatic amines is 4. The topological polar surface area (TPSA) is 288 Å². The van der Waals surface area contributed by atoms with Gasteiger partial charge in [-0.05, 0) is 247 Å². The monoisotopic (exact) mass is 2020 g/mol. The van der Waals surface area contributed by atoms with Crippen molar-refractivity contribution in [2.45, 2.75) is 52.4 Å². The van der Waals surface area contributed by atoms with E-state index >= 15 is 0 Å². The molecular formula is C114H86BrClF4N26O. The van der Waals surface area contributed by atoms with Crippen molar-refractivity contribution in [3.05, 3.63) is 396 Å². The van der Waals surface area contributed by atoms with Gasteiger partial charge in [0.25, 0.3) is 0 Å². The zero-order chi connectivity index (χ0) is 100.0. The second-order valence-electron chi connectivity index (χ2n) is 36.1. The fourth-order valence-electron chi connectivity index (χ4n) is 17.9. The second-order valence-corrected chi connectivity index (χ2v) is 37.5. The molecular weight excluding hydrogens is 1940 g/mol. The Kier molecular flexibility index (Phi) is 26.8. The molecule has 0 radical (unpaired) electrons. The number of likely N-dealkylation sites (N-methyl/N-ethyl adjacent to an activating group) is 2. The van der Waals surface area contributed by atoms with E-state index in [1.54, 1.807) is 73.8 Å². The molecule has 0 bridgehead atoms. The van der Waals surface area contributed by atoms with Gasteiger partial charge in [-0.25, -0.2) is 72.4 Å². The van der Waals surface area contributed by atoms with Crippen molar-refractivity contribution in [2.75, 3.05) is 85.0 Å². The van der Waals surface area contributed by atoms with Crippen molar-refractivity contribution < 1.29 is 22.3 Å². The minimum Gasteiger partial charge on any atom is -0.492 e. The number of fused-ring (bicyclic) bond motifs is 8. The Morgan fingerprint density at radius 2 is 0.701 bits per heavy atom. The molecule has 27 nitrogen and oxygen atoms in total. The summed E-state index contributed by atoms with van der Waals surface area (Å²) in [5.74, 6) is 25.9. The molecule has 1 saturated heterocycles. The molecule has 0 aliphatic carbocycles. The Morgan fingerprint density at radius 1 is 0.333 bits per heavy atom. The number of halogens is 6. The minimum atomic E-state index is -0.428. The smallest absolute Gasteiger partial charge is 0.226 e. The maximum Gasteiger partial charge on any atom is 0.226 e. The van der Waals surface area contributed by atoms with Crippen LogP contribution < -0.4 is 29.2 Å². The van der Waals surface area contributed by atoms with Crippen LogP contribution in [-0.2, 0) is 52.4 Å². The van der Waals surface area contributed by atoms with Crippen molar-refractivity contribution in [1.82, 2.24) is 105 Å². The average molecular weight is 2030 g/mol. The van der Waals surface area contributed by atoms with E-state index in [0.717, 1.165) is 134 Å². The van der Waals surface area contributed by atoms with E-state index < -0.39 is 17.5 Å². The SMILES string of the molecule is CN(C)CCOc1ccc2c(c1)CN(c1nccc(-c3cc(F)cc(C#Cc4ccc5[nH]ncc5c4)c3)n1)C2.CN1CCN(c2ccc3c(c2)CN(c2nccc(-c4cc(F)cc(C#Cc5ccc6[nH]ncc6c5)n4)n2)C3)CC1.Fc1cc(C#Cc2ccc3[nH]ncc3c2)nc(-c2ccnc(N3Cc4ccc(Br)cc4C3)n2)c1.Fc1cc(C#Cc2ccc3[nH]ncc3c2)nc(-c2ccnc(N3Cc4ccc(Cl)cc4C3)n2)c1. The molecule has 0 amide bonds. The zero-order valence-corrected chi connectivity index (χ0v) is 81.7. The number of nitrogens with zero attached hydrogens (tertiary/aromatic N) is 22. The third-order valence-corrected chi connectivity index (χ3v) is 26.2. The first kappa shape index (κ1) is 94.0. The van der Waals surface area contributed by atoms with Gasteiger partial charge in [0.15, 0.2) is 0 Å². The Bertz CT molecular complexity index is 8500. The van der Waals surface area contributed by atoms with Gasteiger partial charge in [-0.3, -0.25) is 20.4 Å². The van der Waals surface area contributed by atoms with E-state index in [0.29, 0.717) is 136 Å². The molecule has 9 aromatic carbocycles. The summed E-state index contributed by atoms with van der Waals surface area (Å²) in [5.41, 5.74) is 23.8. The summed E-state index contributed by atoms with van der Waals surface area (Å²) >= 11 is 9.65. The lowest BCUT2D eigenvalue weighted by atomic mass is 10.1.